The molecule has 0 saturated carbocycles. The van der Waals surface area contributed by atoms with Crippen LogP contribution in [-0.2, 0) is 29.7 Å². The third kappa shape index (κ3) is 6.26. The van der Waals surface area contributed by atoms with Crippen LogP contribution in [0.3, 0.4) is 0 Å². The minimum atomic E-state index is -4.64. The summed E-state index contributed by atoms with van der Waals surface area (Å²) >= 11 is 0. The van der Waals surface area contributed by atoms with Crippen LogP contribution in [0.5, 0.6) is 5.75 Å². The van der Waals surface area contributed by atoms with Gasteiger partial charge < -0.3 is 13.7 Å². The van der Waals surface area contributed by atoms with Crippen molar-refractivity contribution < 1.29 is 74.2 Å². The Morgan fingerprint density at radius 2 is 1.45 bits per heavy atom. The molecule has 0 aliphatic rings. The Morgan fingerprint density at radius 3 is 1.90 bits per heavy atom. The molecular formula is C16H13NaO10S2. The van der Waals surface area contributed by atoms with E-state index in [1.165, 1.54) is 0 Å². The predicted molar refractivity (Wildman–Crippen MR) is 92.0 cm³/mol. The first-order valence-electron chi connectivity index (χ1n) is 7.24. The fourth-order valence-corrected chi connectivity index (χ4v) is 3.46. The Balaban J connectivity index is 0.00000420. The molecule has 2 aromatic rings. The average Bonchev–Trinajstić information content (AvgIpc) is 2.65. The summed E-state index contributed by atoms with van der Waals surface area (Å²) in [7, 11) is -7.14. The molecule has 2 aromatic carbocycles. The molecule has 0 atom stereocenters. The number of esters is 2. The fourth-order valence-electron chi connectivity index (χ4n) is 2.01. The average molecular weight is 452 g/mol. The molecule has 0 fully saturated rings. The fraction of sp³-hybridized carbons (Fsp3) is 0.125. The molecule has 0 amide bonds. The van der Waals surface area contributed by atoms with Gasteiger partial charge >= 0.3 is 51.6 Å². The van der Waals surface area contributed by atoms with E-state index in [2.05, 4.69) is 15.5 Å². The summed E-state index contributed by atoms with van der Waals surface area (Å²) in [6.45, 7) is 0. The molecule has 0 heterocycles. The third-order valence-corrected chi connectivity index (χ3v) is 5.26. The van der Waals surface area contributed by atoms with Gasteiger partial charge in [0, 0.05) is 5.75 Å². The molecular weight excluding hydrogens is 439 g/mol. The van der Waals surface area contributed by atoms with Crippen molar-refractivity contribution in [2.45, 2.75) is 9.79 Å². The number of ether oxygens (including phenoxy) is 2. The Hall–Kier alpha value is -1.96. The first-order chi connectivity index (χ1) is 13.0. The van der Waals surface area contributed by atoms with Gasteiger partial charge in [0.25, 0.3) is 10.1 Å². The van der Waals surface area contributed by atoms with Crippen molar-refractivity contribution in [3.05, 3.63) is 53.6 Å². The molecule has 2 rings (SSSR count). The van der Waals surface area contributed by atoms with Crippen LogP contribution in [0.1, 0.15) is 20.7 Å². The van der Waals surface area contributed by atoms with Crippen LogP contribution in [0.25, 0.3) is 0 Å². The normalized spacial score (nSPS) is 11.1. The number of benzene rings is 2. The van der Waals surface area contributed by atoms with E-state index < -0.39 is 47.7 Å². The molecule has 150 valence electrons. The molecule has 0 aliphatic heterocycles. The summed E-state index contributed by atoms with van der Waals surface area (Å²) < 4.78 is 70.2. The summed E-state index contributed by atoms with van der Waals surface area (Å²) in [4.78, 5) is 22.2. The zero-order valence-corrected chi connectivity index (χ0v) is 19.0. The quantitative estimate of drug-likeness (QED) is 0.173. The number of carbonyl (C=O) groups excluding carboxylic acids is 2. The van der Waals surface area contributed by atoms with Gasteiger partial charge in [-0.1, -0.05) is 0 Å². The molecule has 0 radical (unpaired) electrons. The maximum atomic E-state index is 12.5. The van der Waals surface area contributed by atoms with Crippen molar-refractivity contribution in [3.63, 3.8) is 0 Å². The second-order valence-corrected chi connectivity index (χ2v) is 8.06. The van der Waals surface area contributed by atoms with Gasteiger partial charge in [0.15, 0.2) is 0 Å². The van der Waals surface area contributed by atoms with Gasteiger partial charge in [0.05, 0.1) is 25.3 Å². The predicted octanol–water partition coefficient (Wildman–Crippen LogP) is -1.92. The zero-order chi connectivity index (χ0) is 21.1. The zero-order valence-electron chi connectivity index (χ0n) is 15.4. The van der Waals surface area contributed by atoms with Crippen molar-refractivity contribution >= 4 is 32.2 Å². The van der Waals surface area contributed by atoms with Crippen LogP contribution < -0.4 is 33.7 Å². The molecule has 0 unspecified atom stereocenters. The Bertz CT molecular complexity index is 1110. The number of carbonyl (C=O) groups is 2. The summed E-state index contributed by atoms with van der Waals surface area (Å²) in [6.07, 6.45) is 0. The maximum absolute atomic E-state index is 12.5. The molecule has 0 saturated heterocycles. The minimum absolute atomic E-state index is 0. The summed E-state index contributed by atoms with van der Waals surface area (Å²) in [5.74, 6) is -2.37. The van der Waals surface area contributed by atoms with E-state index in [4.69, 9.17) is 8.74 Å². The first-order valence-corrected chi connectivity index (χ1v) is 10.1. The van der Waals surface area contributed by atoms with E-state index in [9.17, 15) is 26.4 Å². The van der Waals surface area contributed by atoms with Crippen molar-refractivity contribution in [3.8, 4) is 5.75 Å². The van der Waals surface area contributed by atoms with E-state index in [-0.39, 0.29) is 40.7 Å². The summed E-state index contributed by atoms with van der Waals surface area (Å²) in [6, 6.07) is 8.14. The van der Waals surface area contributed by atoms with E-state index in [1.54, 1.807) is 0 Å². The smallest absolute Gasteiger partial charge is 0.465 e. The van der Waals surface area contributed by atoms with Crippen molar-refractivity contribution in [1.82, 2.24) is 0 Å². The van der Waals surface area contributed by atoms with Crippen LogP contribution in [0.2, 0.25) is 0 Å². The maximum Gasteiger partial charge on any atom is 1.00 e. The molecule has 0 bridgehead atoms. The van der Waals surface area contributed by atoms with Crippen LogP contribution in [-0.4, -0.2) is 47.5 Å². The standard InChI is InChI=1S/C16H13O10S2.Na/c1-24-15(17)10-6-11(16(18)25-2)8-14(7-10)28(22,23)26-12-4-3-5-13(9-12)27(19,20)21;/h3-8H,1-2H3,(H,19,20,21);/q-1;+1. The van der Waals surface area contributed by atoms with Crippen molar-refractivity contribution in [2.24, 2.45) is 0 Å². The SMILES string of the molecule is COC(=O)c1cc(C(=O)OC)cc(S(=O)(=O)Oc2[c-]c(S(=O)(=O)O)ccc2)c1.[Na+]. The number of methoxy groups -OCH3 is 2. The molecule has 0 spiro atoms. The number of rotatable bonds is 6. The molecule has 13 heteroatoms. The van der Waals surface area contributed by atoms with Crippen LogP contribution >= 0.6 is 0 Å². The van der Waals surface area contributed by atoms with Crippen molar-refractivity contribution in [1.29, 1.82) is 0 Å². The number of hydrogen-bond acceptors (Lipinski definition) is 9. The van der Waals surface area contributed by atoms with E-state index >= 15 is 0 Å². The monoisotopic (exact) mass is 452 g/mol. The van der Waals surface area contributed by atoms with Crippen molar-refractivity contribution in [2.75, 3.05) is 14.2 Å². The number of hydrogen-bond donors (Lipinski definition) is 1. The Labute approximate surface area is 188 Å². The van der Waals surface area contributed by atoms with E-state index in [0.717, 1.165) is 50.6 Å². The summed E-state index contributed by atoms with van der Waals surface area (Å²) in [5.41, 5.74) is -0.522. The van der Waals surface area contributed by atoms with Gasteiger partial charge in [-0.25, -0.2) is 9.59 Å². The topological polar surface area (TPSA) is 150 Å². The van der Waals surface area contributed by atoms with Crippen LogP contribution in [0, 0.1) is 6.07 Å². The molecule has 10 nitrogen and oxygen atoms in total. The summed E-state index contributed by atoms with van der Waals surface area (Å²) in [5, 5.41) is 0. The van der Waals surface area contributed by atoms with Crippen LogP contribution in [0.15, 0.2) is 46.2 Å². The Kier molecular flexibility index (Phi) is 8.38. The van der Waals surface area contributed by atoms with Gasteiger partial charge in [-0.05, 0) is 23.1 Å². The van der Waals surface area contributed by atoms with E-state index in [0.29, 0.717) is 0 Å². The van der Waals surface area contributed by atoms with Gasteiger partial charge in [-0.3, -0.25) is 4.55 Å². The third-order valence-electron chi connectivity index (χ3n) is 3.26. The molecule has 29 heavy (non-hydrogen) atoms. The van der Waals surface area contributed by atoms with Gasteiger partial charge in [-0.15, -0.1) is 18.2 Å². The second-order valence-electron chi connectivity index (χ2n) is 5.12. The first kappa shape index (κ1) is 25.1. The van der Waals surface area contributed by atoms with Gasteiger partial charge in [0.2, 0.25) is 0 Å². The van der Waals surface area contributed by atoms with Crippen LogP contribution in [0.4, 0.5) is 0 Å². The van der Waals surface area contributed by atoms with Gasteiger partial charge in [0.1, 0.15) is 4.90 Å². The second kappa shape index (κ2) is 9.69. The molecule has 1 N–H and O–H groups in total. The van der Waals surface area contributed by atoms with Gasteiger partial charge in [-0.2, -0.15) is 22.9 Å². The van der Waals surface area contributed by atoms with E-state index in [1.807, 2.05) is 0 Å². The Morgan fingerprint density at radius 1 is 0.931 bits per heavy atom. The molecule has 0 aromatic heterocycles. The minimum Gasteiger partial charge on any atom is -0.465 e. The molecule has 0 aliphatic carbocycles. The largest absolute Gasteiger partial charge is 1.00 e.